The third-order valence-electron chi connectivity index (χ3n) is 3.63. The fourth-order valence-electron chi connectivity index (χ4n) is 2.64. The van der Waals surface area contributed by atoms with Gasteiger partial charge in [0.05, 0.1) is 18.7 Å². The summed E-state index contributed by atoms with van der Waals surface area (Å²) >= 11 is 0. The maximum absolute atomic E-state index is 11.6. The van der Waals surface area contributed by atoms with Gasteiger partial charge in [-0.1, -0.05) is 37.8 Å². The Bertz CT molecular complexity index is 276. The van der Waals surface area contributed by atoms with Crippen LogP contribution in [-0.2, 0) is 9.53 Å². The number of carbonyl (C=O) groups excluding carboxylic acids is 1. The molecule has 0 spiro atoms. The van der Waals surface area contributed by atoms with Crippen LogP contribution in [-0.4, -0.2) is 24.0 Å². The van der Waals surface area contributed by atoms with Gasteiger partial charge in [-0.3, -0.25) is 4.79 Å². The van der Waals surface area contributed by atoms with E-state index < -0.39 is 0 Å². The lowest BCUT2D eigenvalue weighted by Crippen LogP contribution is -2.23. The van der Waals surface area contributed by atoms with E-state index in [2.05, 4.69) is 12.1 Å². The molecule has 1 aliphatic carbocycles. The van der Waals surface area contributed by atoms with Gasteiger partial charge in [-0.15, -0.1) is 0 Å². The number of rotatable bonds is 6. The zero-order valence-electron chi connectivity index (χ0n) is 10.8. The van der Waals surface area contributed by atoms with Gasteiger partial charge in [0, 0.05) is 5.92 Å². The Morgan fingerprint density at radius 1 is 1.47 bits per heavy atom. The van der Waals surface area contributed by atoms with Crippen molar-refractivity contribution in [2.24, 2.45) is 17.0 Å². The summed E-state index contributed by atoms with van der Waals surface area (Å²) in [4.78, 5) is 11.6. The van der Waals surface area contributed by atoms with Gasteiger partial charge >= 0.3 is 5.97 Å². The molecule has 0 aromatic carbocycles. The van der Waals surface area contributed by atoms with Crippen LogP contribution in [0.2, 0.25) is 0 Å². The second-order valence-corrected chi connectivity index (χ2v) is 4.72. The number of esters is 1. The minimum atomic E-state index is -0.163. The number of ether oxygens (including phenoxy) is 1. The van der Waals surface area contributed by atoms with Crippen LogP contribution in [0.3, 0.4) is 0 Å². The maximum Gasteiger partial charge on any atom is 0.309 e. The number of unbranched alkanes of at least 4 members (excludes halogenated alkanes) is 3. The molecule has 4 heteroatoms. The first kappa shape index (κ1) is 14.0. The summed E-state index contributed by atoms with van der Waals surface area (Å²) in [6.45, 7) is 2.17. The molecule has 0 aliphatic heterocycles. The molecule has 0 bridgehead atoms. The lowest BCUT2D eigenvalue weighted by molar-refractivity contribution is -0.146. The van der Waals surface area contributed by atoms with E-state index in [9.17, 15) is 4.79 Å². The monoisotopic (exact) mass is 241 g/mol. The van der Waals surface area contributed by atoms with Crippen LogP contribution >= 0.6 is 0 Å². The van der Waals surface area contributed by atoms with Crippen molar-refractivity contribution in [1.82, 2.24) is 0 Å². The number of hydrogen-bond acceptors (Lipinski definition) is 4. The van der Waals surface area contributed by atoms with Gasteiger partial charge in [-0.25, -0.2) is 0 Å². The molecule has 0 aromatic heterocycles. The van der Waals surface area contributed by atoms with Crippen LogP contribution in [0.15, 0.2) is 5.16 Å². The second kappa shape index (κ2) is 7.30. The Hall–Kier alpha value is -1.06. The second-order valence-electron chi connectivity index (χ2n) is 4.72. The molecular formula is C13H23NO3. The van der Waals surface area contributed by atoms with E-state index in [1.807, 2.05) is 0 Å². The number of oxime groups is 1. The fourth-order valence-corrected chi connectivity index (χ4v) is 2.64. The Morgan fingerprint density at radius 3 is 2.82 bits per heavy atom. The molecule has 0 amide bonds. The Kier molecular flexibility index (Phi) is 6.01. The zero-order chi connectivity index (χ0) is 12.7. The molecule has 1 saturated carbocycles. The highest BCUT2D eigenvalue weighted by Gasteiger charge is 2.38. The normalized spacial score (nSPS) is 26.4. The summed E-state index contributed by atoms with van der Waals surface area (Å²) in [5.41, 5.74) is 0.775. The lowest BCUT2D eigenvalue weighted by atomic mass is 9.89. The summed E-state index contributed by atoms with van der Waals surface area (Å²) in [5.74, 6) is -0.180. The van der Waals surface area contributed by atoms with Gasteiger partial charge in [0.1, 0.15) is 0 Å². The Labute approximate surface area is 103 Å². The predicted octanol–water partition coefficient (Wildman–Crippen LogP) is 2.99. The van der Waals surface area contributed by atoms with E-state index >= 15 is 0 Å². The topological polar surface area (TPSA) is 58.9 Å². The molecule has 1 fully saturated rings. The molecule has 0 radical (unpaired) electrons. The highest BCUT2D eigenvalue weighted by molar-refractivity contribution is 5.93. The standard InChI is InChI=1S/C13H23NO3/c1-3-4-5-6-7-10-11(13(15)17-2)8-9-12(10)14-16/h10-11,16H,3-9H2,1-2H3/t10-,11-/m1/s1. The van der Waals surface area contributed by atoms with Crippen molar-refractivity contribution in [2.75, 3.05) is 7.11 Å². The molecule has 1 aliphatic rings. The minimum absolute atomic E-state index is 0.0873. The maximum atomic E-state index is 11.6. The minimum Gasteiger partial charge on any atom is -0.469 e. The van der Waals surface area contributed by atoms with Crippen molar-refractivity contribution in [2.45, 2.75) is 51.9 Å². The van der Waals surface area contributed by atoms with E-state index in [0.29, 0.717) is 6.42 Å². The van der Waals surface area contributed by atoms with Crippen molar-refractivity contribution in [1.29, 1.82) is 0 Å². The van der Waals surface area contributed by atoms with E-state index in [1.165, 1.54) is 26.4 Å². The molecule has 0 aromatic rings. The molecule has 0 unspecified atom stereocenters. The molecule has 1 N–H and O–H groups in total. The van der Waals surface area contributed by atoms with Gasteiger partial charge in [0.2, 0.25) is 0 Å². The fraction of sp³-hybridized carbons (Fsp3) is 0.846. The third kappa shape index (κ3) is 3.72. The Balaban J connectivity index is 2.52. The first-order chi connectivity index (χ1) is 8.24. The van der Waals surface area contributed by atoms with Crippen LogP contribution in [0.4, 0.5) is 0 Å². The molecule has 2 atom stereocenters. The highest BCUT2D eigenvalue weighted by Crippen LogP contribution is 2.34. The van der Waals surface area contributed by atoms with Gasteiger partial charge < -0.3 is 9.94 Å². The van der Waals surface area contributed by atoms with E-state index in [0.717, 1.165) is 25.0 Å². The van der Waals surface area contributed by atoms with Crippen molar-refractivity contribution >= 4 is 11.7 Å². The molecule has 1 rings (SSSR count). The summed E-state index contributed by atoms with van der Waals surface area (Å²) in [7, 11) is 1.42. The Morgan fingerprint density at radius 2 is 2.24 bits per heavy atom. The lowest BCUT2D eigenvalue weighted by Gasteiger charge is -2.17. The van der Waals surface area contributed by atoms with Crippen molar-refractivity contribution in [3.8, 4) is 0 Å². The average Bonchev–Trinajstić information content (AvgIpc) is 2.76. The SMILES string of the molecule is CCCCCC[C@H]1C(=NO)CC[C@H]1C(=O)OC. The molecule has 4 nitrogen and oxygen atoms in total. The van der Waals surface area contributed by atoms with E-state index in [4.69, 9.17) is 9.94 Å². The smallest absolute Gasteiger partial charge is 0.309 e. The summed E-state index contributed by atoms with van der Waals surface area (Å²) in [5, 5.41) is 12.3. The van der Waals surface area contributed by atoms with Crippen LogP contribution in [0.1, 0.15) is 51.9 Å². The summed E-state index contributed by atoms with van der Waals surface area (Å²) in [6, 6.07) is 0. The first-order valence-electron chi connectivity index (χ1n) is 6.53. The van der Waals surface area contributed by atoms with Gasteiger partial charge in [0.15, 0.2) is 0 Å². The van der Waals surface area contributed by atoms with Crippen molar-refractivity contribution < 1.29 is 14.7 Å². The number of methoxy groups -OCH3 is 1. The molecule has 17 heavy (non-hydrogen) atoms. The van der Waals surface area contributed by atoms with Gasteiger partial charge in [-0.05, 0) is 19.3 Å². The number of hydrogen-bond donors (Lipinski definition) is 1. The zero-order valence-corrected chi connectivity index (χ0v) is 10.8. The van der Waals surface area contributed by atoms with Crippen LogP contribution in [0.25, 0.3) is 0 Å². The van der Waals surface area contributed by atoms with Crippen molar-refractivity contribution in [3.05, 3.63) is 0 Å². The quantitative estimate of drug-likeness (QED) is 0.336. The number of nitrogens with zero attached hydrogens (tertiary/aromatic N) is 1. The van der Waals surface area contributed by atoms with E-state index in [-0.39, 0.29) is 17.8 Å². The largest absolute Gasteiger partial charge is 0.469 e. The van der Waals surface area contributed by atoms with Crippen LogP contribution < -0.4 is 0 Å². The summed E-state index contributed by atoms with van der Waals surface area (Å²) in [6.07, 6.45) is 7.09. The van der Waals surface area contributed by atoms with Crippen molar-refractivity contribution in [3.63, 3.8) is 0 Å². The first-order valence-corrected chi connectivity index (χ1v) is 6.53. The number of carbonyl (C=O) groups is 1. The third-order valence-corrected chi connectivity index (χ3v) is 3.63. The van der Waals surface area contributed by atoms with Crippen LogP contribution in [0.5, 0.6) is 0 Å². The van der Waals surface area contributed by atoms with Gasteiger partial charge in [-0.2, -0.15) is 0 Å². The van der Waals surface area contributed by atoms with E-state index in [1.54, 1.807) is 0 Å². The summed E-state index contributed by atoms with van der Waals surface area (Å²) < 4.78 is 4.81. The molecule has 0 heterocycles. The predicted molar refractivity (Wildman–Crippen MR) is 66.2 cm³/mol. The average molecular weight is 241 g/mol. The highest BCUT2D eigenvalue weighted by atomic mass is 16.5. The molecular weight excluding hydrogens is 218 g/mol. The molecule has 0 saturated heterocycles. The van der Waals surface area contributed by atoms with Crippen LogP contribution in [0, 0.1) is 11.8 Å². The molecule has 98 valence electrons. The van der Waals surface area contributed by atoms with Gasteiger partial charge in [0.25, 0.3) is 0 Å².